The van der Waals surface area contributed by atoms with Gasteiger partial charge in [0.05, 0.1) is 18.5 Å². The maximum absolute atomic E-state index is 11.9. The van der Waals surface area contributed by atoms with Crippen LogP contribution in [0.5, 0.6) is 5.75 Å². The Morgan fingerprint density at radius 1 is 1.12 bits per heavy atom. The number of amides is 1. The fraction of sp³-hybridized carbons (Fsp3) is 0.111. The lowest BCUT2D eigenvalue weighted by atomic mass is 10.1. The van der Waals surface area contributed by atoms with E-state index in [4.69, 9.17) is 10.6 Å². The van der Waals surface area contributed by atoms with Crippen LogP contribution in [0.15, 0.2) is 54.6 Å². The van der Waals surface area contributed by atoms with E-state index in [-0.39, 0.29) is 5.69 Å². The van der Waals surface area contributed by atoms with Crippen molar-refractivity contribution in [2.75, 3.05) is 7.11 Å². The molecule has 3 rings (SSSR count). The van der Waals surface area contributed by atoms with E-state index >= 15 is 0 Å². The molecule has 2 aromatic carbocycles. The zero-order chi connectivity index (χ0) is 17.1. The number of carbonyl (C=O) groups is 1. The lowest BCUT2D eigenvalue weighted by Gasteiger charge is -2.08. The number of aryl methyl sites for hydroxylation is 1. The number of benzene rings is 2. The van der Waals surface area contributed by atoms with Gasteiger partial charge in [-0.15, -0.1) is 0 Å². The molecule has 0 radical (unpaired) electrons. The lowest BCUT2D eigenvalue weighted by Crippen LogP contribution is -2.30. The van der Waals surface area contributed by atoms with Crippen LogP contribution in [-0.4, -0.2) is 22.8 Å². The predicted molar refractivity (Wildman–Crippen MR) is 91.9 cm³/mol. The Morgan fingerprint density at radius 2 is 1.79 bits per heavy atom. The number of nitrogen functional groups attached to an aromatic ring is 1. The molecule has 6 heteroatoms. The summed E-state index contributed by atoms with van der Waals surface area (Å²) in [7, 11) is 1.62. The molecular formula is C18H18N4O2. The number of nitrogens with two attached hydrogens (primary N) is 1. The predicted octanol–water partition coefficient (Wildman–Crippen LogP) is 2.46. The van der Waals surface area contributed by atoms with Gasteiger partial charge in [0, 0.05) is 5.56 Å². The van der Waals surface area contributed by atoms with Crippen LogP contribution >= 0.6 is 0 Å². The second-order valence-electron chi connectivity index (χ2n) is 5.36. The van der Waals surface area contributed by atoms with E-state index in [0.717, 1.165) is 28.3 Å². The summed E-state index contributed by atoms with van der Waals surface area (Å²) in [5.74, 6) is 5.56. The van der Waals surface area contributed by atoms with Crippen LogP contribution in [0.1, 0.15) is 16.1 Å². The number of aromatic nitrogens is 2. The van der Waals surface area contributed by atoms with Gasteiger partial charge in [-0.1, -0.05) is 17.7 Å². The van der Waals surface area contributed by atoms with E-state index in [9.17, 15) is 4.79 Å². The molecule has 24 heavy (non-hydrogen) atoms. The van der Waals surface area contributed by atoms with Gasteiger partial charge in [-0.2, -0.15) is 5.10 Å². The summed E-state index contributed by atoms with van der Waals surface area (Å²) < 4.78 is 6.92. The van der Waals surface area contributed by atoms with Gasteiger partial charge in [0.25, 0.3) is 5.91 Å². The monoisotopic (exact) mass is 322 g/mol. The molecule has 3 aromatic rings. The molecule has 0 atom stereocenters. The quantitative estimate of drug-likeness (QED) is 0.439. The van der Waals surface area contributed by atoms with Crippen LogP contribution < -0.4 is 16.0 Å². The minimum atomic E-state index is -0.435. The first-order valence-electron chi connectivity index (χ1n) is 7.45. The summed E-state index contributed by atoms with van der Waals surface area (Å²) in [6.07, 6.45) is 0. The minimum absolute atomic E-state index is 0.254. The van der Waals surface area contributed by atoms with Crippen molar-refractivity contribution in [3.8, 4) is 22.7 Å². The van der Waals surface area contributed by atoms with Crippen molar-refractivity contribution >= 4 is 5.91 Å². The smallest absolute Gasteiger partial charge is 0.285 e. The Kier molecular flexibility index (Phi) is 4.31. The Bertz CT molecular complexity index is 852. The Morgan fingerprint density at radius 3 is 2.38 bits per heavy atom. The van der Waals surface area contributed by atoms with E-state index in [1.54, 1.807) is 17.9 Å². The molecule has 0 unspecified atom stereocenters. The number of carbonyl (C=O) groups excluding carboxylic acids is 1. The summed E-state index contributed by atoms with van der Waals surface area (Å²) in [4.78, 5) is 11.9. The summed E-state index contributed by atoms with van der Waals surface area (Å²) in [6, 6.07) is 17.2. The number of rotatable bonds is 4. The van der Waals surface area contributed by atoms with Crippen molar-refractivity contribution in [3.05, 3.63) is 65.9 Å². The average Bonchev–Trinajstić information content (AvgIpc) is 3.07. The van der Waals surface area contributed by atoms with E-state index in [1.807, 2.05) is 55.5 Å². The van der Waals surface area contributed by atoms with Gasteiger partial charge in [0.2, 0.25) is 0 Å². The SMILES string of the molecule is COc1ccc(-c2cc(C(=O)NN)nn2-c2ccc(C)cc2)cc1. The molecule has 122 valence electrons. The highest BCUT2D eigenvalue weighted by Crippen LogP contribution is 2.26. The molecular weight excluding hydrogens is 304 g/mol. The Balaban J connectivity index is 2.13. The summed E-state index contributed by atoms with van der Waals surface area (Å²) in [6.45, 7) is 2.02. The molecule has 0 aliphatic heterocycles. The Hall–Kier alpha value is -3.12. The van der Waals surface area contributed by atoms with Crippen molar-refractivity contribution < 1.29 is 9.53 Å². The van der Waals surface area contributed by atoms with Gasteiger partial charge < -0.3 is 4.74 Å². The van der Waals surface area contributed by atoms with E-state index < -0.39 is 5.91 Å². The average molecular weight is 322 g/mol. The van der Waals surface area contributed by atoms with Gasteiger partial charge in [-0.05, 0) is 49.4 Å². The van der Waals surface area contributed by atoms with Crippen molar-refractivity contribution in [1.82, 2.24) is 15.2 Å². The third kappa shape index (κ3) is 3.00. The molecule has 0 aliphatic rings. The largest absolute Gasteiger partial charge is 0.497 e. The van der Waals surface area contributed by atoms with E-state index in [1.165, 1.54) is 0 Å². The van der Waals surface area contributed by atoms with E-state index in [2.05, 4.69) is 10.5 Å². The standard InChI is InChI=1S/C18H18N4O2/c1-12-3-7-14(8-4-12)22-17(11-16(21-22)18(23)20-19)13-5-9-15(24-2)10-6-13/h3-11H,19H2,1-2H3,(H,20,23). The van der Waals surface area contributed by atoms with Crippen LogP contribution in [0.25, 0.3) is 16.9 Å². The minimum Gasteiger partial charge on any atom is -0.497 e. The first-order chi connectivity index (χ1) is 11.6. The topological polar surface area (TPSA) is 82.2 Å². The molecule has 1 aromatic heterocycles. The molecule has 0 bridgehead atoms. The number of hydrogen-bond donors (Lipinski definition) is 2. The molecule has 6 nitrogen and oxygen atoms in total. The number of nitrogens with zero attached hydrogens (tertiary/aromatic N) is 2. The van der Waals surface area contributed by atoms with Gasteiger partial charge in [0.1, 0.15) is 5.75 Å². The Labute approximate surface area is 139 Å². The van der Waals surface area contributed by atoms with Crippen molar-refractivity contribution in [2.45, 2.75) is 6.92 Å². The third-order valence-corrected chi connectivity index (χ3v) is 3.74. The molecule has 0 saturated carbocycles. The number of hydrogen-bond acceptors (Lipinski definition) is 4. The van der Waals surface area contributed by atoms with Crippen LogP contribution in [0, 0.1) is 6.92 Å². The molecule has 0 saturated heterocycles. The summed E-state index contributed by atoms with van der Waals surface area (Å²) in [5, 5.41) is 4.39. The van der Waals surface area contributed by atoms with E-state index in [0.29, 0.717) is 0 Å². The fourth-order valence-electron chi connectivity index (χ4n) is 2.42. The van der Waals surface area contributed by atoms with Gasteiger partial charge >= 0.3 is 0 Å². The second-order valence-corrected chi connectivity index (χ2v) is 5.36. The highest BCUT2D eigenvalue weighted by atomic mass is 16.5. The van der Waals surface area contributed by atoms with Crippen LogP contribution in [0.3, 0.4) is 0 Å². The van der Waals surface area contributed by atoms with Crippen LogP contribution in [0.2, 0.25) is 0 Å². The molecule has 0 fully saturated rings. The molecule has 1 amide bonds. The van der Waals surface area contributed by atoms with Crippen LogP contribution in [-0.2, 0) is 0 Å². The molecule has 0 spiro atoms. The van der Waals surface area contributed by atoms with Gasteiger partial charge in [-0.3, -0.25) is 10.2 Å². The molecule has 1 heterocycles. The molecule has 3 N–H and O–H groups in total. The number of methoxy groups -OCH3 is 1. The number of hydrazine groups is 1. The first-order valence-corrected chi connectivity index (χ1v) is 7.45. The second kappa shape index (κ2) is 6.55. The fourth-order valence-corrected chi connectivity index (χ4v) is 2.42. The number of ether oxygens (including phenoxy) is 1. The normalized spacial score (nSPS) is 10.5. The summed E-state index contributed by atoms with van der Waals surface area (Å²) in [5.41, 5.74) is 6.09. The highest BCUT2D eigenvalue weighted by Gasteiger charge is 2.16. The zero-order valence-electron chi connectivity index (χ0n) is 13.5. The highest BCUT2D eigenvalue weighted by molar-refractivity contribution is 5.93. The van der Waals surface area contributed by atoms with Crippen molar-refractivity contribution in [2.24, 2.45) is 5.84 Å². The molecule has 0 aliphatic carbocycles. The maximum atomic E-state index is 11.9. The first kappa shape index (κ1) is 15.8. The van der Waals surface area contributed by atoms with Crippen molar-refractivity contribution in [3.63, 3.8) is 0 Å². The van der Waals surface area contributed by atoms with Crippen LogP contribution in [0.4, 0.5) is 0 Å². The van der Waals surface area contributed by atoms with Gasteiger partial charge in [-0.25, -0.2) is 10.5 Å². The van der Waals surface area contributed by atoms with Crippen molar-refractivity contribution in [1.29, 1.82) is 0 Å². The maximum Gasteiger partial charge on any atom is 0.285 e. The summed E-state index contributed by atoms with van der Waals surface area (Å²) >= 11 is 0. The zero-order valence-corrected chi connectivity index (χ0v) is 13.5. The lowest BCUT2D eigenvalue weighted by molar-refractivity contribution is 0.0948. The number of nitrogens with one attached hydrogen (secondary N) is 1. The third-order valence-electron chi connectivity index (χ3n) is 3.74. The van der Waals surface area contributed by atoms with Gasteiger partial charge in [0.15, 0.2) is 5.69 Å².